The highest BCUT2D eigenvalue weighted by atomic mass is 35.5. The van der Waals surface area contributed by atoms with E-state index in [2.05, 4.69) is 63.4 Å². The standard InChI is InChI=1S/C23H32ClFN6/c1-23(2,19-7-6-18(25)13-20(19)24)16-29-22(26-3)28-15-17-5-8-21(27-14-17)31-11-9-30(4)10-12-31/h5-8,13-14H,9-12,15-16H2,1-4H3,(H2,26,28,29). The number of likely N-dealkylation sites (N-methyl/N-ethyl adjacent to an activating group) is 1. The number of aromatic nitrogens is 1. The predicted molar refractivity (Wildman–Crippen MR) is 127 cm³/mol. The van der Waals surface area contributed by atoms with E-state index in [1.165, 1.54) is 12.1 Å². The summed E-state index contributed by atoms with van der Waals surface area (Å²) in [4.78, 5) is 13.6. The summed E-state index contributed by atoms with van der Waals surface area (Å²) in [6, 6.07) is 8.71. The lowest BCUT2D eigenvalue weighted by molar-refractivity contribution is 0.312. The van der Waals surface area contributed by atoms with Gasteiger partial charge in [0.2, 0.25) is 0 Å². The second-order valence-corrected chi connectivity index (χ2v) is 9.01. The first-order chi connectivity index (χ1) is 14.8. The lowest BCUT2D eigenvalue weighted by atomic mass is 9.84. The van der Waals surface area contributed by atoms with Crippen LogP contribution in [0.2, 0.25) is 5.02 Å². The summed E-state index contributed by atoms with van der Waals surface area (Å²) < 4.78 is 13.4. The van der Waals surface area contributed by atoms with E-state index in [9.17, 15) is 4.39 Å². The van der Waals surface area contributed by atoms with Gasteiger partial charge in [0.05, 0.1) is 0 Å². The number of nitrogens with one attached hydrogen (secondary N) is 2. The van der Waals surface area contributed by atoms with Crippen molar-refractivity contribution in [3.63, 3.8) is 0 Å². The summed E-state index contributed by atoms with van der Waals surface area (Å²) >= 11 is 6.25. The molecule has 1 aromatic heterocycles. The second kappa shape index (κ2) is 10.3. The van der Waals surface area contributed by atoms with E-state index in [0.29, 0.717) is 24.1 Å². The third kappa shape index (κ3) is 6.31. The maximum Gasteiger partial charge on any atom is 0.191 e. The SMILES string of the molecule is CN=C(NCc1ccc(N2CCN(C)CC2)nc1)NCC(C)(C)c1ccc(F)cc1Cl. The monoisotopic (exact) mass is 446 g/mol. The largest absolute Gasteiger partial charge is 0.356 e. The minimum atomic E-state index is -0.331. The summed E-state index contributed by atoms with van der Waals surface area (Å²) in [5.41, 5.74) is 1.68. The Bertz CT molecular complexity index is 891. The second-order valence-electron chi connectivity index (χ2n) is 8.60. The molecule has 6 nitrogen and oxygen atoms in total. The fourth-order valence-electron chi connectivity index (χ4n) is 3.59. The first kappa shape index (κ1) is 23.3. The minimum absolute atomic E-state index is 0.298. The molecule has 0 saturated carbocycles. The van der Waals surface area contributed by atoms with Gasteiger partial charge in [-0.15, -0.1) is 0 Å². The van der Waals surface area contributed by atoms with E-state index in [1.54, 1.807) is 13.1 Å². The Hall–Kier alpha value is -2.38. The van der Waals surface area contributed by atoms with Crippen molar-refractivity contribution in [3.8, 4) is 0 Å². The number of nitrogens with zero attached hydrogens (tertiary/aromatic N) is 4. The van der Waals surface area contributed by atoms with E-state index >= 15 is 0 Å². The van der Waals surface area contributed by atoms with E-state index in [-0.39, 0.29) is 11.2 Å². The van der Waals surface area contributed by atoms with Gasteiger partial charge >= 0.3 is 0 Å². The Kier molecular flexibility index (Phi) is 7.73. The first-order valence-electron chi connectivity index (χ1n) is 10.6. The zero-order valence-electron chi connectivity index (χ0n) is 18.8. The molecule has 0 bridgehead atoms. The molecule has 0 aliphatic carbocycles. The molecule has 1 aromatic carbocycles. The third-order valence-corrected chi connectivity index (χ3v) is 5.99. The number of halogens is 2. The van der Waals surface area contributed by atoms with Crippen LogP contribution in [-0.4, -0.2) is 62.7 Å². The number of piperazine rings is 1. The molecule has 1 fully saturated rings. The first-order valence-corrected chi connectivity index (χ1v) is 10.9. The zero-order valence-corrected chi connectivity index (χ0v) is 19.5. The maximum absolute atomic E-state index is 13.4. The van der Waals surface area contributed by atoms with Gasteiger partial charge in [0.25, 0.3) is 0 Å². The Balaban J connectivity index is 1.52. The van der Waals surface area contributed by atoms with Gasteiger partial charge in [-0.2, -0.15) is 0 Å². The minimum Gasteiger partial charge on any atom is -0.356 e. The van der Waals surface area contributed by atoms with Crippen LogP contribution in [0.5, 0.6) is 0 Å². The highest BCUT2D eigenvalue weighted by Crippen LogP contribution is 2.29. The number of aliphatic imine (C=N–C) groups is 1. The molecule has 0 atom stereocenters. The smallest absolute Gasteiger partial charge is 0.191 e. The predicted octanol–water partition coefficient (Wildman–Crippen LogP) is 3.27. The van der Waals surface area contributed by atoms with Crippen LogP contribution in [0.25, 0.3) is 0 Å². The molecule has 1 saturated heterocycles. The normalized spacial score (nSPS) is 15.8. The van der Waals surface area contributed by atoms with Gasteiger partial charge in [0.15, 0.2) is 5.96 Å². The Morgan fingerprint density at radius 1 is 1.16 bits per heavy atom. The molecule has 8 heteroatoms. The summed E-state index contributed by atoms with van der Waals surface area (Å²) in [5.74, 6) is 1.38. The van der Waals surface area contributed by atoms with Crippen molar-refractivity contribution >= 4 is 23.4 Å². The van der Waals surface area contributed by atoms with Crippen LogP contribution in [0.15, 0.2) is 41.5 Å². The topological polar surface area (TPSA) is 55.8 Å². The summed E-state index contributed by atoms with van der Waals surface area (Å²) in [6.45, 7) is 9.47. The molecule has 2 N–H and O–H groups in total. The van der Waals surface area contributed by atoms with Gasteiger partial charge in [-0.05, 0) is 36.4 Å². The molecule has 1 aliphatic rings. The molecule has 0 spiro atoms. The van der Waals surface area contributed by atoms with Crippen LogP contribution in [-0.2, 0) is 12.0 Å². The van der Waals surface area contributed by atoms with Crippen LogP contribution < -0.4 is 15.5 Å². The van der Waals surface area contributed by atoms with Gasteiger partial charge < -0.3 is 20.4 Å². The Labute approximate surface area is 189 Å². The number of guanidine groups is 1. The van der Waals surface area contributed by atoms with Crippen molar-refractivity contribution in [1.82, 2.24) is 20.5 Å². The number of hydrogen-bond acceptors (Lipinski definition) is 4. The lowest BCUT2D eigenvalue weighted by Gasteiger charge is -2.33. The van der Waals surface area contributed by atoms with Crippen LogP contribution in [0.1, 0.15) is 25.0 Å². The molecule has 1 aliphatic heterocycles. The average molecular weight is 447 g/mol. The van der Waals surface area contributed by atoms with Gasteiger partial charge in [-0.3, -0.25) is 4.99 Å². The molecule has 168 valence electrons. The maximum atomic E-state index is 13.4. The van der Waals surface area contributed by atoms with Crippen molar-refractivity contribution in [2.75, 3.05) is 51.7 Å². The highest BCUT2D eigenvalue weighted by molar-refractivity contribution is 6.31. The Morgan fingerprint density at radius 2 is 1.90 bits per heavy atom. The number of hydrogen-bond donors (Lipinski definition) is 2. The lowest BCUT2D eigenvalue weighted by Crippen LogP contribution is -2.44. The van der Waals surface area contributed by atoms with E-state index in [0.717, 1.165) is 43.1 Å². The number of anilines is 1. The zero-order chi connectivity index (χ0) is 22.4. The molecule has 2 heterocycles. The Morgan fingerprint density at radius 3 is 2.52 bits per heavy atom. The molecule has 3 rings (SSSR count). The van der Waals surface area contributed by atoms with Crippen molar-refractivity contribution < 1.29 is 4.39 Å². The quantitative estimate of drug-likeness (QED) is 0.527. The fourth-order valence-corrected chi connectivity index (χ4v) is 4.01. The van der Waals surface area contributed by atoms with E-state index < -0.39 is 0 Å². The van der Waals surface area contributed by atoms with Crippen molar-refractivity contribution in [2.24, 2.45) is 4.99 Å². The molecule has 0 amide bonds. The number of rotatable bonds is 6. The van der Waals surface area contributed by atoms with Crippen LogP contribution in [0.3, 0.4) is 0 Å². The molecular formula is C23H32ClFN6. The van der Waals surface area contributed by atoms with E-state index in [4.69, 9.17) is 11.6 Å². The fraction of sp³-hybridized carbons (Fsp3) is 0.478. The van der Waals surface area contributed by atoms with Gasteiger partial charge in [0.1, 0.15) is 11.6 Å². The molecular weight excluding hydrogens is 415 g/mol. The van der Waals surface area contributed by atoms with Crippen LogP contribution >= 0.6 is 11.6 Å². The average Bonchev–Trinajstić information content (AvgIpc) is 2.74. The van der Waals surface area contributed by atoms with Gasteiger partial charge in [0, 0.05) is 63.0 Å². The van der Waals surface area contributed by atoms with Gasteiger partial charge in [-0.1, -0.05) is 37.6 Å². The third-order valence-electron chi connectivity index (χ3n) is 5.68. The van der Waals surface area contributed by atoms with Crippen LogP contribution in [0.4, 0.5) is 10.2 Å². The number of benzene rings is 1. The van der Waals surface area contributed by atoms with Crippen molar-refractivity contribution in [3.05, 3.63) is 58.5 Å². The number of pyridine rings is 1. The molecule has 31 heavy (non-hydrogen) atoms. The van der Waals surface area contributed by atoms with Gasteiger partial charge in [-0.25, -0.2) is 9.37 Å². The summed E-state index contributed by atoms with van der Waals surface area (Å²) in [5, 5.41) is 7.10. The summed E-state index contributed by atoms with van der Waals surface area (Å²) in [7, 11) is 3.89. The van der Waals surface area contributed by atoms with Crippen molar-refractivity contribution in [1.29, 1.82) is 0 Å². The van der Waals surface area contributed by atoms with Crippen LogP contribution in [0, 0.1) is 5.82 Å². The van der Waals surface area contributed by atoms with Crippen molar-refractivity contribution in [2.45, 2.75) is 25.8 Å². The summed E-state index contributed by atoms with van der Waals surface area (Å²) in [6.07, 6.45) is 1.91. The highest BCUT2D eigenvalue weighted by Gasteiger charge is 2.24. The van der Waals surface area contributed by atoms with E-state index in [1.807, 2.05) is 6.20 Å². The molecule has 0 radical (unpaired) electrons. The molecule has 0 unspecified atom stereocenters. The molecule has 2 aromatic rings.